The van der Waals surface area contributed by atoms with Gasteiger partial charge in [0.25, 0.3) is 0 Å². The summed E-state index contributed by atoms with van der Waals surface area (Å²) in [6.45, 7) is 6.26. The molecule has 35 nitrogen and oxygen atoms in total. The number of phenolic OH excluding ortho intramolecular Hbond substituents is 2. The molecule has 129 heavy (non-hydrogen) atoms. The summed E-state index contributed by atoms with van der Waals surface area (Å²) in [5.41, 5.74) is 9.31. The lowest BCUT2D eigenvalue weighted by Crippen LogP contribution is -2.61. The number of hydrogen-bond acceptors (Lipinski definition) is 20. The molecule has 696 valence electrons. The molecule has 1 aromatic heterocycles. The number of benzene rings is 4. The Labute approximate surface area is 756 Å². The highest BCUT2D eigenvalue weighted by molar-refractivity contribution is 8.00. The van der Waals surface area contributed by atoms with Crippen molar-refractivity contribution in [1.82, 2.24) is 77.3 Å². The second-order valence-corrected chi connectivity index (χ2v) is 35.2. The minimum atomic E-state index is -1.90. The van der Waals surface area contributed by atoms with Crippen molar-refractivity contribution in [3.8, 4) is 11.5 Å². The second kappa shape index (κ2) is 49.5. The van der Waals surface area contributed by atoms with E-state index in [2.05, 4.69) is 52.8 Å². The number of aromatic hydroxyl groups is 2. The van der Waals surface area contributed by atoms with Gasteiger partial charge in [0.05, 0.1) is 37.5 Å². The van der Waals surface area contributed by atoms with E-state index in [0.29, 0.717) is 58.3 Å². The van der Waals surface area contributed by atoms with Gasteiger partial charge in [-0.3, -0.25) is 81.7 Å². The first-order valence-corrected chi connectivity index (χ1v) is 44.9. The topological polar surface area (TPSA) is 497 Å². The van der Waals surface area contributed by atoms with E-state index in [-0.39, 0.29) is 80.5 Å². The van der Waals surface area contributed by atoms with Crippen molar-refractivity contribution in [2.24, 2.45) is 23.5 Å². The van der Waals surface area contributed by atoms with Gasteiger partial charge in [-0.05, 0) is 101 Å². The maximum Gasteiger partial charge on any atom is 0.305 e. The summed E-state index contributed by atoms with van der Waals surface area (Å²) in [5, 5.41) is 55.2. The van der Waals surface area contributed by atoms with Crippen LogP contribution in [0.15, 0.2) is 134 Å². The average Bonchev–Trinajstić information content (AvgIpc) is 1.50. The smallest absolute Gasteiger partial charge is 0.305 e. The number of nitrogens with zero attached hydrogens (tertiary/aromatic N) is 6. The van der Waals surface area contributed by atoms with E-state index < -0.39 is 199 Å². The van der Waals surface area contributed by atoms with Crippen LogP contribution in [0.25, 0.3) is 5.57 Å². The van der Waals surface area contributed by atoms with Crippen LogP contribution >= 0.6 is 11.8 Å². The highest BCUT2D eigenvalue weighted by Gasteiger charge is 2.43. The Kier molecular flexibility index (Phi) is 39.0. The van der Waals surface area contributed by atoms with E-state index in [0.717, 1.165) is 58.6 Å². The fourth-order valence-electron chi connectivity index (χ4n) is 16.0. The number of nitrogens with one attached hydrogen (secondary N) is 9. The summed E-state index contributed by atoms with van der Waals surface area (Å²) in [4.78, 5) is 245. The van der Waals surface area contributed by atoms with Gasteiger partial charge in [-0.15, -0.1) is 11.8 Å². The fraction of sp³-hybridized carbons (Fsp3) is 0.495. The van der Waals surface area contributed by atoms with E-state index in [1.807, 2.05) is 13.0 Å². The number of carboxylic acid groups (broad SMARTS) is 1. The van der Waals surface area contributed by atoms with Crippen LogP contribution in [0.1, 0.15) is 145 Å². The van der Waals surface area contributed by atoms with Crippen molar-refractivity contribution >= 4 is 112 Å². The van der Waals surface area contributed by atoms with E-state index in [1.54, 1.807) is 107 Å². The minimum Gasteiger partial charge on any atom is -0.508 e. The Bertz CT molecular complexity index is 4790. The van der Waals surface area contributed by atoms with Crippen LogP contribution in [-0.4, -0.2) is 272 Å². The van der Waals surface area contributed by atoms with Crippen molar-refractivity contribution in [2.45, 2.75) is 210 Å². The molecule has 0 radical (unpaired) electrons. The zero-order chi connectivity index (χ0) is 94.3. The first-order valence-electron chi connectivity index (χ1n) is 43.7. The molecule has 15 amide bonds. The summed E-state index contributed by atoms with van der Waals surface area (Å²) in [6.07, 6.45) is 6.76. The monoisotopic (exact) mass is 1800 g/mol. The number of fused-ring (bicyclic) bond motifs is 1. The zero-order valence-corrected chi connectivity index (χ0v) is 75.7. The Balaban J connectivity index is 1.21. The minimum absolute atomic E-state index is 0.0515. The van der Waals surface area contributed by atoms with Gasteiger partial charge in [0, 0.05) is 85.7 Å². The molecule has 2 aliphatic carbocycles. The molecule has 2 fully saturated rings. The normalized spacial score (nSPS) is 23.1. The number of likely N-dealkylation sites (N-methyl/N-ethyl adjacent to an activating group) is 5. The molecule has 11 atom stereocenters. The highest BCUT2D eigenvalue weighted by atomic mass is 32.2. The number of allylic oxidation sites excluding steroid dienone is 1. The first kappa shape index (κ1) is 102. The molecule has 36 heteroatoms. The first-order chi connectivity index (χ1) is 61.4. The van der Waals surface area contributed by atoms with E-state index in [4.69, 9.17) is 5.73 Å². The van der Waals surface area contributed by atoms with E-state index in [9.17, 15) is 53.7 Å². The molecule has 14 N–H and O–H groups in total. The molecule has 1 saturated carbocycles. The van der Waals surface area contributed by atoms with Gasteiger partial charge >= 0.3 is 5.97 Å². The molecular weight excluding hydrogens is 1680 g/mol. The standard InChI is InChI=1S/C93H124N16O19S/c1-11-12-30-74-91(126)106(7)52-79(114)98-70(49-81(116)117)87(122)104-82(56(4)5)93(128)108(9)75(46-58-25-18-14-19-26-58)88(123)102-71(45-61-33-38-64(111)39-34-61)89(124)105(6)51-78(113)97-69(48-62-35-40-66-65(62)29-22-41-95-66)86(121)101-68(43-60-31-36-63(110)37-32-60)85(120)100-67(42-55(2)3)84(119)103-73(83(118)96-50-77(94)112)53-129-54-80(115)99-72(44-57-23-16-13-17-24-57)90(125)109(10)76(92(127)107(74)8)47-59-27-20-15-21-28-59/h14-15,18-22,25-29,31-39,41,55-57,67-76,82,110-111H,11-13,16-17,23-24,30,40,42-54H2,1-10H3,(H2,94,112)(H,96,118)(H,97,113)(H,98,114)(H,99,115)(H,100,120)(H,101,121)(H,102,123)(H,103,119)(H,104,122)(H,116,117)/t67-,68-,69?,70-,71-,72-,73-,74-,75-,76-,82-/m0/s1. The summed E-state index contributed by atoms with van der Waals surface area (Å²) in [6, 6.07) is 15.5. The van der Waals surface area contributed by atoms with Crippen molar-refractivity contribution in [2.75, 3.05) is 66.4 Å². The molecule has 5 aromatic rings. The number of amides is 15. The Hall–Kier alpha value is -12.8. The number of carbonyl (C=O) groups excluding carboxylic acids is 15. The van der Waals surface area contributed by atoms with Gasteiger partial charge in [-0.2, -0.15) is 0 Å². The number of thioether (sulfide) groups is 1. The largest absolute Gasteiger partial charge is 0.508 e. The fourth-order valence-corrected chi connectivity index (χ4v) is 16.8. The van der Waals surface area contributed by atoms with Crippen molar-refractivity contribution < 1.29 is 92.0 Å². The number of unbranched alkanes of at least 4 members (excludes halogenated alkanes) is 1. The Morgan fingerprint density at radius 1 is 0.512 bits per heavy atom. The predicted molar refractivity (Wildman–Crippen MR) is 482 cm³/mol. The zero-order valence-electron chi connectivity index (χ0n) is 74.9. The van der Waals surface area contributed by atoms with Crippen LogP contribution < -0.4 is 53.6 Å². The lowest BCUT2D eigenvalue weighted by molar-refractivity contribution is -0.151. The molecule has 1 aliphatic heterocycles. The molecule has 4 aromatic carbocycles. The number of hydrogen-bond donors (Lipinski definition) is 13. The third kappa shape index (κ3) is 31.0. The van der Waals surface area contributed by atoms with Gasteiger partial charge < -0.3 is 93.4 Å². The van der Waals surface area contributed by atoms with E-state index in [1.165, 1.54) is 93.6 Å². The molecular formula is C93H124N16O19S. The van der Waals surface area contributed by atoms with Crippen LogP contribution in [0.4, 0.5) is 0 Å². The number of aromatic nitrogens is 1. The van der Waals surface area contributed by atoms with Crippen LogP contribution in [-0.2, 0) is 109 Å². The molecule has 1 unspecified atom stereocenters. The van der Waals surface area contributed by atoms with Crippen LogP contribution in [0.5, 0.6) is 11.5 Å². The van der Waals surface area contributed by atoms with Crippen molar-refractivity contribution in [1.29, 1.82) is 0 Å². The van der Waals surface area contributed by atoms with Crippen LogP contribution in [0.2, 0.25) is 0 Å². The third-order valence-electron chi connectivity index (χ3n) is 23.2. The number of primary amides is 1. The quantitative estimate of drug-likeness (QED) is 0.0447. The van der Waals surface area contributed by atoms with Crippen molar-refractivity contribution in [3.05, 3.63) is 167 Å². The van der Waals surface area contributed by atoms with Gasteiger partial charge in [-0.1, -0.05) is 177 Å². The van der Waals surface area contributed by atoms with Gasteiger partial charge in [-0.25, -0.2) is 0 Å². The lowest BCUT2D eigenvalue weighted by atomic mass is 9.84. The van der Waals surface area contributed by atoms with E-state index >= 15 is 38.4 Å². The third-order valence-corrected chi connectivity index (χ3v) is 24.2. The molecule has 8 rings (SSSR count). The van der Waals surface area contributed by atoms with Crippen molar-refractivity contribution in [3.63, 3.8) is 0 Å². The van der Waals surface area contributed by atoms with Gasteiger partial charge in [0.15, 0.2) is 0 Å². The number of nitrogens with two attached hydrogens (primary N) is 1. The van der Waals surface area contributed by atoms with Gasteiger partial charge in [0.1, 0.15) is 78.0 Å². The Morgan fingerprint density at radius 3 is 1.58 bits per heavy atom. The Morgan fingerprint density at radius 2 is 1.02 bits per heavy atom. The number of carboxylic acids is 1. The molecule has 0 spiro atoms. The summed E-state index contributed by atoms with van der Waals surface area (Å²) in [5.74, 6) is -17.0. The second-order valence-electron chi connectivity index (χ2n) is 34.2. The van der Waals surface area contributed by atoms with Crippen LogP contribution in [0.3, 0.4) is 0 Å². The summed E-state index contributed by atoms with van der Waals surface area (Å²) >= 11 is 0.869. The molecule has 0 bridgehead atoms. The highest BCUT2D eigenvalue weighted by Crippen LogP contribution is 2.32. The predicted octanol–water partition coefficient (Wildman–Crippen LogP) is 2.76. The maximum absolute atomic E-state index is 15.6. The number of aliphatic carboxylic acids is 1. The van der Waals surface area contributed by atoms with Gasteiger partial charge in [0.2, 0.25) is 88.6 Å². The number of phenols is 2. The number of pyridine rings is 1. The molecule has 2 heterocycles. The maximum atomic E-state index is 15.6. The summed E-state index contributed by atoms with van der Waals surface area (Å²) < 4.78 is 0. The lowest BCUT2D eigenvalue weighted by Gasteiger charge is -2.37. The molecule has 1 saturated heterocycles. The SMILES string of the molecule is CCCC[C@H]1C(=O)N(C)CC(=O)N[C@@H](CC(=O)O)C(=O)N[C@@H](C(C)C)C(=O)N(C)[C@@H](Cc2ccccc2)C(=O)N[C@@H](Cc2ccc(O)cc2)C(=O)N(C)CC(=O)NC(CC2=CCc3ncccc32)C(=O)N[C@@H](Cc2ccc(O)cc2)C(=O)N[C@@H](CC(C)C)C(=O)N[C@H](C(=O)NCC(N)=O)CSCC(=O)N[C@@H](CC2CCCCC2)C(=O)N(C)[C@@H](Cc2ccccc2)C(=O)N1C. The number of rotatable bonds is 23. The molecule has 3 aliphatic rings. The average molecular weight is 1800 g/mol. The number of carbonyl (C=O) groups is 16. The van der Waals surface area contributed by atoms with Crippen LogP contribution in [0, 0.1) is 17.8 Å². The summed E-state index contributed by atoms with van der Waals surface area (Å²) in [7, 11) is 6.64.